The molecule has 0 saturated carbocycles. The lowest BCUT2D eigenvalue weighted by molar-refractivity contribution is 1.16. The second kappa shape index (κ2) is 4.81. The predicted octanol–water partition coefficient (Wildman–Crippen LogP) is 2.92. The number of para-hydroxylation sites is 1. The van der Waals surface area contributed by atoms with E-state index < -0.39 is 0 Å². The molecule has 0 bridgehead atoms. The number of anilines is 3. The van der Waals surface area contributed by atoms with Crippen LogP contribution in [0, 0.1) is 0 Å². The van der Waals surface area contributed by atoms with Crippen LogP contribution in [0.2, 0.25) is 5.02 Å². The molecule has 0 aliphatic rings. The van der Waals surface area contributed by atoms with Gasteiger partial charge < -0.3 is 10.6 Å². The van der Waals surface area contributed by atoms with Crippen LogP contribution in [0.1, 0.15) is 0 Å². The van der Waals surface area contributed by atoms with Crippen LogP contribution >= 0.6 is 11.6 Å². The maximum Gasteiger partial charge on any atom is 0.135 e. The lowest BCUT2D eigenvalue weighted by atomic mass is 10.3. The van der Waals surface area contributed by atoms with Crippen LogP contribution in [0.15, 0.2) is 36.7 Å². The van der Waals surface area contributed by atoms with Crippen LogP contribution < -0.4 is 10.6 Å². The molecule has 0 saturated heterocycles. The molecule has 2 aromatic rings. The standard InChI is InChI=1S/C11H11ClN4/c1-13-10-6-11(15-7-14-10)16-9-5-3-2-4-8(9)12/h2-7H,1H3,(H2,13,14,15,16). The minimum Gasteiger partial charge on any atom is -0.373 e. The van der Waals surface area contributed by atoms with Crippen molar-refractivity contribution in [2.75, 3.05) is 17.7 Å². The first kappa shape index (κ1) is 10.7. The molecule has 0 fully saturated rings. The summed E-state index contributed by atoms with van der Waals surface area (Å²) in [4.78, 5) is 8.13. The van der Waals surface area contributed by atoms with Gasteiger partial charge in [-0.1, -0.05) is 23.7 Å². The number of benzene rings is 1. The van der Waals surface area contributed by atoms with Crippen molar-refractivity contribution in [2.45, 2.75) is 0 Å². The molecule has 5 heteroatoms. The smallest absolute Gasteiger partial charge is 0.135 e. The Morgan fingerprint density at radius 2 is 1.88 bits per heavy atom. The molecule has 0 amide bonds. The second-order valence-electron chi connectivity index (χ2n) is 3.14. The Labute approximate surface area is 98.7 Å². The number of nitrogens with zero attached hydrogens (tertiary/aromatic N) is 2. The van der Waals surface area contributed by atoms with Gasteiger partial charge in [-0.2, -0.15) is 0 Å². The number of hydrogen-bond donors (Lipinski definition) is 2. The van der Waals surface area contributed by atoms with Gasteiger partial charge in [-0.3, -0.25) is 0 Å². The summed E-state index contributed by atoms with van der Waals surface area (Å²) in [5.74, 6) is 1.46. The third kappa shape index (κ3) is 2.41. The number of nitrogens with one attached hydrogen (secondary N) is 2. The number of halogens is 1. The normalized spacial score (nSPS) is 9.88. The summed E-state index contributed by atoms with van der Waals surface area (Å²) in [6.45, 7) is 0. The van der Waals surface area contributed by atoms with E-state index in [-0.39, 0.29) is 0 Å². The van der Waals surface area contributed by atoms with Gasteiger partial charge in [0.1, 0.15) is 18.0 Å². The van der Waals surface area contributed by atoms with Gasteiger partial charge in [-0.05, 0) is 12.1 Å². The average molecular weight is 235 g/mol. The first-order valence-electron chi connectivity index (χ1n) is 4.81. The van der Waals surface area contributed by atoms with Gasteiger partial charge in [-0.15, -0.1) is 0 Å². The van der Waals surface area contributed by atoms with E-state index in [2.05, 4.69) is 20.6 Å². The van der Waals surface area contributed by atoms with Crippen LogP contribution in [0.4, 0.5) is 17.3 Å². The largest absolute Gasteiger partial charge is 0.373 e. The molecule has 0 aliphatic heterocycles. The first-order valence-corrected chi connectivity index (χ1v) is 5.19. The predicted molar refractivity (Wildman–Crippen MR) is 66.3 cm³/mol. The Morgan fingerprint density at radius 1 is 1.12 bits per heavy atom. The zero-order valence-corrected chi connectivity index (χ0v) is 9.49. The lowest BCUT2D eigenvalue weighted by Gasteiger charge is -2.07. The number of rotatable bonds is 3. The van der Waals surface area contributed by atoms with E-state index in [9.17, 15) is 0 Å². The van der Waals surface area contributed by atoms with Crippen LogP contribution in [0.3, 0.4) is 0 Å². The molecule has 4 nitrogen and oxygen atoms in total. The Kier molecular flexibility index (Phi) is 3.22. The van der Waals surface area contributed by atoms with Crippen molar-refractivity contribution in [3.05, 3.63) is 41.7 Å². The summed E-state index contributed by atoms with van der Waals surface area (Å²) < 4.78 is 0. The van der Waals surface area contributed by atoms with Gasteiger partial charge in [0, 0.05) is 13.1 Å². The van der Waals surface area contributed by atoms with Crippen molar-refractivity contribution in [3.63, 3.8) is 0 Å². The van der Waals surface area contributed by atoms with E-state index in [1.165, 1.54) is 6.33 Å². The quantitative estimate of drug-likeness (QED) is 0.858. The molecule has 0 atom stereocenters. The molecule has 16 heavy (non-hydrogen) atoms. The Bertz CT molecular complexity index is 487. The minimum absolute atomic E-state index is 0.659. The number of hydrogen-bond acceptors (Lipinski definition) is 4. The molecule has 0 unspecified atom stereocenters. The highest BCUT2D eigenvalue weighted by atomic mass is 35.5. The fraction of sp³-hybridized carbons (Fsp3) is 0.0909. The fourth-order valence-corrected chi connectivity index (χ4v) is 1.45. The maximum absolute atomic E-state index is 6.03. The van der Waals surface area contributed by atoms with Crippen LogP contribution in [-0.4, -0.2) is 17.0 Å². The molecule has 2 rings (SSSR count). The molecule has 1 aromatic carbocycles. The van der Waals surface area contributed by atoms with E-state index in [0.717, 1.165) is 11.5 Å². The highest BCUT2D eigenvalue weighted by Crippen LogP contribution is 2.24. The minimum atomic E-state index is 0.659. The summed E-state index contributed by atoms with van der Waals surface area (Å²) in [5.41, 5.74) is 0.824. The zero-order chi connectivity index (χ0) is 11.4. The lowest BCUT2D eigenvalue weighted by Crippen LogP contribution is -1.98. The molecular formula is C11H11ClN4. The molecule has 2 N–H and O–H groups in total. The number of aromatic nitrogens is 2. The summed E-state index contributed by atoms with van der Waals surface area (Å²) in [6, 6.07) is 9.32. The topological polar surface area (TPSA) is 49.8 Å². The van der Waals surface area contributed by atoms with Crippen LogP contribution in [0.25, 0.3) is 0 Å². The first-order chi connectivity index (χ1) is 7.79. The Balaban J connectivity index is 2.24. The highest BCUT2D eigenvalue weighted by molar-refractivity contribution is 6.33. The van der Waals surface area contributed by atoms with E-state index >= 15 is 0 Å². The van der Waals surface area contributed by atoms with E-state index in [4.69, 9.17) is 11.6 Å². The van der Waals surface area contributed by atoms with Crippen molar-refractivity contribution in [1.29, 1.82) is 0 Å². The molecule has 0 spiro atoms. The van der Waals surface area contributed by atoms with E-state index in [1.54, 1.807) is 0 Å². The monoisotopic (exact) mass is 234 g/mol. The summed E-state index contributed by atoms with van der Waals surface area (Å²) in [6.07, 6.45) is 1.49. The summed E-state index contributed by atoms with van der Waals surface area (Å²) >= 11 is 6.03. The third-order valence-corrected chi connectivity index (χ3v) is 2.39. The van der Waals surface area contributed by atoms with Gasteiger partial charge in [0.05, 0.1) is 10.7 Å². The molecule has 82 valence electrons. The molecule has 1 aromatic heterocycles. The molecular weight excluding hydrogens is 224 g/mol. The SMILES string of the molecule is CNc1cc(Nc2ccccc2Cl)ncn1. The van der Waals surface area contributed by atoms with Crippen molar-refractivity contribution in [3.8, 4) is 0 Å². The van der Waals surface area contributed by atoms with Crippen molar-refractivity contribution < 1.29 is 0 Å². The average Bonchev–Trinajstić information content (AvgIpc) is 2.32. The van der Waals surface area contributed by atoms with Gasteiger partial charge in [-0.25, -0.2) is 9.97 Å². The fourth-order valence-electron chi connectivity index (χ4n) is 1.26. The summed E-state index contributed by atoms with van der Waals surface area (Å²) in [5, 5.41) is 6.73. The van der Waals surface area contributed by atoms with Gasteiger partial charge in [0.25, 0.3) is 0 Å². The Hall–Kier alpha value is -1.81. The van der Waals surface area contributed by atoms with Crippen LogP contribution in [-0.2, 0) is 0 Å². The van der Waals surface area contributed by atoms with Crippen molar-refractivity contribution in [2.24, 2.45) is 0 Å². The van der Waals surface area contributed by atoms with E-state index in [0.29, 0.717) is 10.8 Å². The van der Waals surface area contributed by atoms with E-state index in [1.807, 2.05) is 37.4 Å². The van der Waals surface area contributed by atoms with Crippen molar-refractivity contribution >= 4 is 28.9 Å². The maximum atomic E-state index is 6.03. The zero-order valence-electron chi connectivity index (χ0n) is 8.74. The van der Waals surface area contributed by atoms with Crippen molar-refractivity contribution in [1.82, 2.24) is 9.97 Å². The van der Waals surface area contributed by atoms with Crippen LogP contribution in [0.5, 0.6) is 0 Å². The molecule has 1 heterocycles. The van der Waals surface area contributed by atoms with Gasteiger partial charge in [0.15, 0.2) is 0 Å². The summed E-state index contributed by atoms with van der Waals surface area (Å²) in [7, 11) is 1.81. The highest BCUT2D eigenvalue weighted by Gasteiger charge is 2.01. The third-order valence-electron chi connectivity index (χ3n) is 2.06. The molecule has 0 aliphatic carbocycles. The Morgan fingerprint density at radius 3 is 2.62 bits per heavy atom. The second-order valence-corrected chi connectivity index (χ2v) is 3.55. The molecule has 0 radical (unpaired) electrons. The van der Waals surface area contributed by atoms with Gasteiger partial charge in [0.2, 0.25) is 0 Å². The van der Waals surface area contributed by atoms with Gasteiger partial charge >= 0.3 is 0 Å².